The average molecular weight is 283 g/mol. The van der Waals surface area contributed by atoms with Gasteiger partial charge in [-0.3, -0.25) is 0 Å². The number of pyridine rings is 1. The number of benzene rings is 1. The smallest absolute Gasteiger partial charge is 0.280 e. The number of methoxy groups -OCH3 is 1. The zero-order valence-electron chi connectivity index (χ0n) is 11.6. The van der Waals surface area contributed by atoms with Gasteiger partial charge in [0.05, 0.1) is 7.11 Å². The molecule has 1 N–H and O–H groups in total. The summed E-state index contributed by atoms with van der Waals surface area (Å²) in [6.45, 7) is 1.94. The van der Waals surface area contributed by atoms with Crippen LogP contribution in [0.4, 0.5) is 0 Å². The fourth-order valence-corrected chi connectivity index (χ4v) is 2.02. The van der Waals surface area contributed by atoms with Crippen LogP contribution >= 0.6 is 0 Å². The highest BCUT2D eigenvalue weighted by Crippen LogP contribution is 2.28. The molecule has 0 radical (unpaired) electrons. The third kappa shape index (κ3) is 2.43. The molecule has 0 bridgehead atoms. The maximum Gasteiger partial charge on any atom is 0.280 e. The molecular weight excluding hydrogens is 270 g/mol. The average Bonchev–Trinajstić information content (AvgIpc) is 2.97. The lowest BCUT2D eigenvalue weighted by Crippen LogP contribution is -1.89. The molecular formula is C15H13N3O3. The molecule has 0 fully saturated rings. The molecule has 3 aromatic rings. The summed E-state index contributed by atoms with van der Waals surface area (Å²) in [6.07, 6.45) is 1.55. The van der Waals surface area contributed by atoms with Crippen LogP contribution in [0.25, 0.3) is 23.0 Å². The van der Waals surface area contributed by atoms with Crippen molar-refractivity contribution in [2.24, 2.45) is 0 Å². The van der Waals surface area contributed by atoms with Crippen LogP contribution in [0.5, 0.6) is 11.5 Å². The minimum atomic E-state index is -0.00129. The highest BCUT2D eigenvalue weighted by atomic mass is 16.5. The van der Waals surface area contributed by atoms with Gasteiger partial charge in [-0.25, -0.2) is 4.98 Å². The van der Waals surface area contributed by atoms with E-state index in [1.807, 2.05) is 25.1 Å². The summed E-state index contributed by atoms with van der Waals surface area (Å²) in [7, 11) is 1.62. The van der Waals surface area contributed by atoms with Crippen molar-refractivity contribution >= 4 is 0 Å². The van der Waals surface area contributed by atoms with Gasteiger partial charge < -0.3 is 14.4 Å². The monoisotopic (exact) mass is 283 g/mol. The van der Waals surface area contributed by atoms with E-state index in [0.717, 1.165) is 16.9 Å². The summed E-state index contributed by atoms with van der Waals surface area (Å²) < 4.78 is 10.4. The van der Waals surface area contributed by atoms with Gasteiger partial charge in [0, 0.05) is 11.8 Å². The number of hydrogen-bond donors (Lipinski definition) is 1. The zero-order chi connectivity index (χ0) is 14.8. The lowest BCUT2D eigenvalue weighted by molar-refractivity contribution is 0.411. The summed E-state index contributed by atoms with van der Waals surface area (Å²) in [5.41, 5.74) is 2.04. The summed E-state index contributed by atoms with van der Waals surface area (Å²) in [5, 5.41) is 13.7. The second kappa shape index (κ2) is 5.24. The number of aromatic nitrogens is 3. The van der Waals surface area contributed by atoms with E-state index in [2.05, 4.69) is 15.1 Å². The van der Waals surface area contributed by atoms with Crippen LogP contribution in [-0.2, 0) is 0 Å². The van der Waals surface area contributed by atoms with Crippen molar-refractivity contribution < 1.29 is 14.4 Å². The van der Waals surface area contributed by atoms with Gasteiger partial charge in [-0.05, 0) is 42.8 Å². The topological polar surface area (TPSA) is 81.3 Å². The molecule has 2 aromatic heterocycles. The fraction of sp³-hybridized carbons (Fsp3) is 0.133. The van der Waals surface area contributed by atoms with Crippen LogP contribution in [0.1, 0.15) is 5.56 Å². The van der Waals surface area contributed by atoms with Crippen molar-refractivity contribution in [2.75, 3.05) is 7.11 Å². The Morgan fingerprint density at radius 1 is 1.24 bits per heavy atom. The zero-order valence-corrected chi connectivity index (χ0v) is 11.6. The molecule has 0 aliphatic heterocycles. The predicted molar refractivity (Wildman–Crippen MR) is 75.9 cm³/mol. The normalized spacial score (nSPS) is 10.6. The Balaban J connectivity index is 1.99. The second-order valence-electron chi connectivity index (χ2n) is 4.48. The van der Waals surface area contributed by atoms with E-state index in [1.165, 1.54) is 6.07 Å². The molecule has 0 aliphatic rings. The highest BCUT2D eigenvalue weighted by Gasteiger charge is 2.15. The van der Waals surface area contributed by atoms with Gasteiger partial charge >= 0.3 is 0 Å². The summed E-state index contributed by atoms with van der Waals surface area (Å²) in [4.78, 5) is 8.30. The van der Waals surface area contributed by atoms with Crippen molar-refractivity contribution in [3.8, 4) is 34.5 Å². The molecule has 2 heterocycles. The first-order valence-electron chi connectivity index (χ1n) is 6.32. The highest BCUT2D eigenvalue weighted by molar-refractivity contribution is 5.62. The van der Waals surface area contributed by atoms with E-state index in [1.54, 1.807) is 19.4 Å². The standard InChI is InChI=1S/C15H13N3O3/c1-9-8-10(5-6-12(9)20-2)14-17-15(21-18-14)13-11(19)4-3-7-16-13/h3-8,19H,1-2H3. The first kappa shape index (κ1) is 13.1. The molecule has 0 unspecified atom stereocenters. The SMILES string of the molecule is COc1ccc(-c2noc(-c3ncccc3O)n2)cc1C. The molecule has 21 heavy (non-hydrogen) atoms. The number of aryl methyl sites for hydroxylation is 1. The third-order valence-corrected chi connectivity index (χ3v) is 3.07. The van der Waals surface area contributed by atoms with Gasteiger partial charge in [0.2, 0.25) is 5.82 Å². The summed E-state index contributed by atoms with van der Waals surface area (Å²) in [5.74, 6) is 1.40. The van der Waals surface area contributed by atoms with Crippen LogP contribution in [0.2, 0.25) is 0 Å². The lowest BCUT2D eigenvalue weighted by atomic mass is 10.1. The van der Waals surface area contributed by atoms with Gasteiger partial charge in [0.25, 0.3) is 5.89 Å². The number of aromatic hydroxyl groups is 1. The Bertz CT molecular complexity index is 783. The Hall–Kier alpha value is -2.89. The Morgan fingerprint density at radius 2 is 2.10 bits per heavy atom. The van der Waals surface area contributed by atoms with Gasteiger partial charge in [0.1, 0.15) is 11.5 Å². The molecule has 0 saturated carbocycles. The van der Waals surface area contributed by atoms with Crippen molar-refractivity contribution in [2.45, 2.75) is 6.92 Å². The molecule has 6 heteroatoms. The summed E-state index contributed by atoms with van der Waals surface area (Å²) in [6, 6.07) is 8.75. The Morgan fingerprint density at radius 3 is 2.81 bits per heavy atom. The van der Waals surface area contributed by atoms with Crippen LogP contribution in [0.15, 0.2) is 41.1 Å². The van der Waals surface area contributed by atoms with Crippen molar-refractivity contribution in [1.82, 2.24) is 15.1 Å². The molecule has 0 saturated heterocycles. The molecule has 106 valence electrons. The van der Waals surface area contributed by atoms with E-state index >= 15 is 0 Å². The number of rotatable bonds is 3. The minimum absolute atomic E-state index is 0.00129. The number of ether oxygens (including phenoxy) is 1. The first-order chi connectivity index (χ1) is 10.2. The van der Waals surface area contributed by atoms with E-state index in [0.29, 0.717) is 5.82 Å². The van der Waals surface area contributed by atoms with Gasteiger partial charge in [-0.2, -0.15) is 4.98 Å². The Labute approximate surface area is 121 Å². The third-order valence-electron chi connectivity index (χ3n) is 3.07. The van der Waals surface area contributed by atoms with Crippen LogP contribution in [0.3, 0.4) is 0 Å². The van der Waals surface area contributed by atoms with Crippen LogP contribution in [-0.4, -0.2) is 27.3 Å². The van der Waals surface area contributed by atoms with Crippen molar-refractivity contribution in [3.63, 3.8) is 0 Å². The minimum Gasteiger partial charge on any atom is -0.505 e. The maximum atomic E-state index is 9.75. The second-order valence-corrected chi connectivity index (χ2v) is 4.48. The molecule has 0 spiro atoms. The lowest BCUT2D eigenvalue weighted by Gasteiger charge is -2.04. The quantitative estimate of drug-likeness (QED) is 0.796. The molecule has 0 amide bonds. The number of nitrogens with zero attached hydrogens (tertiary/aromatic N) is 3. The maximum absolute atomic E-state index is 9.75. The largest absolute Gasteiger partial charge is 0.505 e. The molecule has 3 rings (SSSR count). The van der Waals surface area contributed by atoms with E-state index in [4.69, 9.17) is 9.26 Å². The first-order valence-corrected chi connectivity index (χ1v) is 6.32. The van der Waals surface area contributed by atoms with Crippen molar-refractivity contribution in [1.29, 1.82) is 0 Å². The molecule has 1 aromatic carbocycles. The molecule has 0 aliphatic carbocycles. The predicted octanol–water partition coefficient (Wildman–Crippen LogP) is 2.82. The van der Waals surface area contributed by atoms with Crippen molar-refractivity contribution in [3.05, 3.63) is 42.1 Å². The van der Waals surface area contributed by atoms with E-state index < -0.39 is 0 Å². The fourth-order valence-electron chi connectivity index (χ4n) is 2.02. The van der Waals surface area contributed by atoms with E-state index in [-0.39, 0.29) is 17.3 Å². The summed E-state index contributed by atoms with van der Waals surface area (Å²) >= 11 is 0. The van der Waals surface area contributed by atoms with Gasteiger partial charge in [-0.15, -0.1) is 0 Å². The molecule has 6 nitrogen and oxygen atoms in total. The number of hydrogen-bond acceptors (Lipinski definition) is 6. The van der Waals surface area contributed by atoms with Crippen LogP contribution in [0, 0.1) is 6.92 Å². The van der Waals surface area contributed by atoms with E-state index in [9.17, 15) is 5.11 Å². The van der Waals surface area contributed by atoms with Gasteiger partial charge in [0.15, 0.2) is 5.69 Å². The Kier molecular flexibility index (Phi) is 3.27. The van der Waals surface area contributed by atoms with Crippen LogP contribution < -0.4 is 4.74 Å². The molecule has 0 atom stereocenters. The van der Waals surface area contributed by atoms with Gasteiger partial charge in [-0.1, -0.05) is 5.16 Å².